The molecule has 0 saturated carbocycles. The highest BCUT2D eigenvalue weighted by Gasteiger charge is 2.48. The number of hydrogen-bond donors (Lipinski definition) is 5. The summed E-state index contributed by atoms with van der Waals surface area (Å²) in [6.45, 7) is -0.483. The van der Waals surface area contributed by atoms with E-state index in [1.807, 2.05) is 5.97 Å². The lowest BCUT2D eigenvalue weighted by molar-refractivity contribution is -0.0221. The van der Waals surface area contributed by atoms with Gasteiger partial charge in [-0.15, -0.1) is 0 Å². The van der Waals surface area contributed by atoms with Crippen LogP contribution in [-0.4, -0.2) is 70.5 Å². The van der Waals surface area contributed by atoms with E-state index in [1.54, 1.807) is 0 Å². The van der Waals surface area contributed by atoms with Crippen molar-refractivity contribution in [1.82, 2.24) is 9.97 Å². The molecule has 11 nitrogen and oxygen atoms in total. The Labute approximate surface area is 130 Å². The van der Waals surface area contributed by atoms with E-state index >= 15 is 0 Å². The summed E-state index contributed by atoms with van der Waals surface area (Å²) < 4.78 is 5.44. The summed E-state index contributed by atoms with van der Waals surface area (Å²) in [7, 11) is 1.12. The zero-order chi connectivity index (χ0) is 16.7. The molecule has 3 rings (SSSR count). The summed E-state index contributed by atoms with van der Waals surface area (Å²) >= 11 is 0. The molecule has 1 saturated heterocycles. The van der Waals surface area contributed by atoms with Crippen molar-refractivity contribution in [3.63, 3.8) is 0 Å². The molecule has 0 aromatic carbocycles. The second-order valence-corrected chi connectivity index (χ2v) is 5.19. The van der Waals surface area contributed by atoms with Crippen LogP contribution in [-0.2, 0) is 4.74 Å². The first-order valence-electron chi connectivity index (χ1n) is 6.76. The molecule has 4 atom stereocenters. The molecule has 1 fully saturated rings. The highest BCUT2D eigenvalue weighted by Crippen LogP contribution is 2.36. The van der Waals surface area contributed by atoms with Crippen molar-refractivity contribution < 1.29 is 20.1 Å². The third-order valence-corrected chi connectivity index (χ3v) is 3.80. The van der Waals surface area contributed by atoms with Crippen LogP contribution in [0, 0.1) is 11.2 Å². The molecule has 0 bridgehead atoms. The third-order valence-electron chi connectivity index (χ3n) is 3.80. The van der Waals surface area contributed by atoms with E-state index in [2.05, 4.69) is 9.97 Å². The smallest absolute Gasteiger partial charge is 0.388 e. The van der Waals surface area contributed by atoms with Crippen molar-refractivity contribution in [3.05, 3.63) is 10.4 Å². The van der Waals surface area contributed by atoms with Crippen LogP contribution in [0.2, 0.25) is 0 Å². The standard InChI is InChI=1S/C11H14BN6O5/c13-2-12-18-3-17(8-5(18)9(22)16-11(14)15-8)10-7(21)6(20)4(1-19)23-10/h4,6-7,10,19-21H,1,3H2,(H3,14,15,16,22)/t4-,6-,7-,10-/m1/s1. The molecule has 0 spiro atoms. The van der Waals surface area contributed by atoms with Gasteiger partial charge in [-0.1, -0.05) is 0 Å². The molecule has 0 aliphatic carbocycles. The summed E-state index contributed by atoms with van der Waals surface area (Å²) in [4.78, 5) is 21.2. The van der Waals surface area contributed by atoms with Gasteiger partial charge < -0.3 is 35.5 Å². The lowest BCUT2D eigenvalue weighted by Crippen LogP contribution is -2.46. The summed E-state index contributed by atoms with van der Waals surface area (Å²) in [6.07, 6.45) is -4.63. The molecule has 23 heavy (non-hydrogen) atoms. The molecule has 6 N–H and O–H groups in total. The summed E-state index contributed by atoms with van der Waals surface area (Å²) in [5, 5.41) is 38.0. The van der Waals surface area contributed by atoms with Gasteiger partial charge in [-0.2, -0.15) is 4.98 Å². The number of nitriles is 1. The maximum absolute atomic E-state index is 12.1. The van der Waals surface area contributed by atoms with Gasteiger partial charge in [0.15, 0.2) is 12.0 Å². The Kier molecular flexibility index (Phi) is 3.86. The average molecular weight is 321 g/mol. The zero-order valence-corrected chi connectivity index (χ0v) is 11.8. The number of nitrogens with one attached hydrogen (secondary N) is 1. The molecule has 3 heterocycles. The van der Waals surface area contributed by atoms with Crippen molar-refractivity contribution in [2.75, 3.05) is 28.7 Å². The van der Waals surface area contributed by atoms with Crippen LogP contribution >= 0.6 is 0 Å². The number of aromatic nitrogens is 2. The van der Waals surface area contributed by atoms with Crippen LogP contribution in [0.1, 0.15) is 0 Å². The van der Waals surface area contributed by atoms with Gasteiger partial charge in [-0.3, -0.25) is 9.78 Å². The minimum absolute atomic E-state index is 0.00494. The fourth-order valence-electron chi connectivity index (χ4n) is 2.75. The van der Waals surface area contributed by atoms with E-state index < -0.39 is 36.7 Å². The lowest BCUT2D eigenvalue weighted by Gasteiger charge is -2.27. The van der Waals surface area contributed by atoms with E-state index in [1.165, 1.54) is 9.71 Å². The summed E-state index contributed by atoms with van der Waals surface area (Å²) in [5.41, 5.74) is 5.08. The molecule has 12 heteroatoms. The molecule has 2 aliphatic heterocycles. The largest absolute Gasteiger partial charge is 0.394 e. The van der Waals surface area contributed by atoms with Gasteiger partial charge in [0.1, 0.15) is 24.0 Å². The van der Waals surface area contributed by atoms with Crippen LogP contribution in [0.4, 0.5) is 17.5 Å². The van der Waals surface area contributed by atoms with Crippen molar-refractivity contribution in [2.24, 2.45) is 0 Å². The van der Waals surface area contributed by atoms with Crippen LogP contribution in [0.3, 0.4) is 0 Å². The van der Waals surface area contributed by atoms with Gasteiger partial charge >= 0.3 is 7.41 Å². The van der Waals surface area contributed by atoms with Crippen molar-refractivity contribution >= 4 is 24.9 Å². The average Bonchev–Trinajstić information content (AvgIpc) is 2.99. The Morgan fingerprint density at radius 2 is 2.26 bits per heavy atom. The lowest BCUT2D eigenvalue weighted by atomic mass is 9.95. The molecule has 1 aromatic heterocycles. The Morgan fingerprint density at radius 3 is 2.87 bits per heavy atom. The number of nitrogen functional groups attached to an aromatic ring is 1. The normalized spacial score (nSPS) is 29.5. The maximum Gasteiger partial charge on any atom is 0.388 e. The molecule has 0 unspecified atom stereocenters. The van der Waals surface area contributed by atoms with Gasteiger partial charge in [0.25, 0.3) is 5.56 Å². The van der Waals surface area contributed by atoms with E-state index in [0.717, 1.165) is 7.41 Å². The number of aromatic amines is 1. The summed E-state index contributed by atoms with van der Waals surface area (Å²) in [6, 6.07) is 0. The number of nitrogens with zero attached hydrogens (tertiary/aromatic N) is 4. The number of hydrogen-bond acceptors (Lipinski definition) is 10. The first kappa shape index (κ1) is 15.6. The minimum Gasteiger partial charge on any atom is -0.394 e. The second kappa shape index (κ2) is 5.71. The van der Waals surface area contributed by atoms with Crippen molar-refractivity contribution in [1.29, 1.82) is 5.26 Å². The number of anilines is 3. The molecular weight excluding hydrogens is 307 g/mol. The molecule has 1 aromatic rings. The Hall–Kier alpha value is -2.33. The monoisotopic (exact) mass is 321 g/mol. The number of ether oxygens (including phenoxy) is 1. The molecule has 121 valence electrons. The van der Waals surface area contributed by atoms with Gasteiger partial charge in [0.2, 0.25) is 5.95 Å². The minimum atomic E-state index is -1.33. The maximum atomic E-state index is 12.1. The van der Waals surface area contributed by atoms with E-state index in [0.29, 0.717) is 0 Å². The zero-order valence-electron chi connectivity index (χ0n) is 11.8. The molecule has 1 radical (unpaired) electrons. The van der Waals surface area contributed by atoms with Crippen molar-refractivity contribution in [2.45, 2.75) is 24.5 Å². The molecule has 2 aliphatic rings. The molecule has 0 amide bonds. The van der Waals surface area contributed by atoms with Gasteiger partial charge in [-0.05, 0) is 0 Å². The summed E-state index contributed by atoms with van der Waals surface area (Å²) in [5.74, 6) is 1.80. The molecular formula is C11H14BN6O5. The number of rotatable bonds is 3. The Bertz CT molecular complexity index is 707. The van der Waals surface area contributed by atoms with Crippen LogP contribution in [0.25, 0.3) is 0 Å². The van der Waals surface area contributed by atoms with Gasteiger partial charge in [0.05, 0.1) is 13.3 Å². The Morgan fingerprint density at radius 1 is 1.52 bits per heavy atom. The van der Waals surface area contributed by atoms with E-state index in [-0.39, 0.29) is 24.1 Å². The highest BCUT2D eigenvalue weighted by atomic mass is 16.6. The SMILES string of the molecule is N#C[B]N1CN([C@@H]2O[C@H](CO)[C@@H](O)[C@H]2O)c2nc(N)[nH]c(=O)c21. The first-order chi connectivity index (χ1) is 11.0. The topological polar surface area (TPSA) is 172 Å². The van der Waals surface area contributed by atoms with Gasteiger partial charge in [0, 0.05) is 5.97 Å². The van der Waals surface area contributed by atoms with Crippen LogP contribution < -0.4 is 21.0 Å². The predicted molar refractivity (Wildman–Crippen MR) is 78.2 cm³/mol. The quantitative estimate of drug-likeness (QED) is 0.351. The third kappa shape index (κ3) is 2.39. The number of H-pyrrole nitrogens is 1. The number of nitrogens with two attached hydrogens (primary N) is 1. The van der Waals surface area contributed by atoms with Crippen LogP contribution in [0.5, 0.6) is 0 Å². The number of aliphatic hydroxyl groups excluding tert-OH is 3. The van der Waals surface area contributed by atoms with E-state index in [4.69, 9.17) is 20.8 Å². The fraction of sp³-hybridized carbons (Fsp3) is 0.545. The second-order valence-electron chi connectivity index (χ2n) is 5.19. The van der Waals surface area contributed by atoms with Gasteiger partial charge in [-0.25, -0.2) is 5.26 Å². The Balaban J connectivity index is 2.00. The highest BCUT2D eigenvalue weighted by molar-refractivity contribution is 6.50. The van der Waals surface area contributed by atoms with Crippen LogP contribution in [0.15, 0.2) is 4.79 Å². The fourth-order valence-corrected chi connectivity index (χ4v) is 2.75. The number of fused-ring (bicyclic) bond motifs is 1. The number of aliphatic hydroxyl groups is 3. The van der Waals surface area contributed by atoms with E-state index in [9.17, 15) is 15.0 Å². The first-order valence-corrected chi connectivity index (χ1v) is 6.76. The predicted octanol–water partition coefficient (Wildman–Crippen LogP) is -3.52. The van der Waals surface area contributed by atoms with Crippen molar-refractivity contribution in [3.8, 4) is 5.97 Å².